The number of aliphatic carboxylic acids is 1. The average molecular weight is 285 g/mol. The van der Waals surface area contributed by atoms with Gasteiger partial charge in [-0.1, -0.05) is 0 Å². The number of aromatic nitrogens is 2. The molecule has 6 nitrogen and oxygen atoms in total. The van der Waals surface area contributed by atoms with Crippen molar-refractivity contribution in [2.24, 2.45) is 17.3 Å². The van der Waals surface area contributed by atoms with Crippen molar-refractivity contribution in [1.29, 1.82) is 0 Å². The molecule has 2 saturated carbocycles. The highest BCUT2D eigenvalue weighted by Gasteiger charge is 2.87. The van der Waals surface area contributed by atoms with E-state index in [1.165, 1.54) is 6.33 Å². The summed E-state index contributed by atoms with van der Waals surface area (Å²) in [5, 5.41) is 11.4. The topological polar surface area (TPSA) is 95.1 Å². The molecule has 2 aliphatic carbocycles. The quantitative estimate of drug-likeness (QED) is 0.761. The molecule has 1 unspecified atom stereocenters. The van der Waals surface area contributed by atoms with Crippen LogP contribution in [0.4, 0.5) is 8.78 Å². The second-order valence-electron chi connectivity index (χ2n) is 5.45. The molecule has 1 aromatic rings. The average Bonchev–Trinajstić information content (AvgIpc) is 2.68. The molecule has 0 bridgehead atoms. The van der Waals surface area contributed by atoms with Gasteiger partial charge >= 0.3 is 5.97 Å². The molecule has 0 aliphatic heterocycles. The van der Waals surface area contributed by atoms with E-state index in [2.05, 4.69) is 15.3 Å². The molecule has 3 rings (SSSR count). The summed E-state index contributed by atoms with van der Waals surface area (Å²) in [5.41, 5.74) is -0.776. The molecular weight excluding hydrogens is 272 g/mol. The van der Waals surface area contributed by atoms with Gasteiger partial charge in [0.1, 0.15) is 5.92 Å². The standard InChI is InChI=1S/C12H13F2N3O3/c13-12(14)8(10(19)20)11(12)1-6(2-11)9(18)16-4-7-3-15-5-17-7/h3,5-6,8H,1-2,4H2,(H,15,17)(H,16,18)(H,19,20). The largest absolute Gasteiger partial charge is 0.481 e. The Hall–Kier alpha value is -1.99. The first-order valence-electron chi connectivity index (χ1n) is 6.24. The molecule has 1 atom stereocenters. The molecule has 1 aromatic heterocycles. The molecule has 20 heavy (non-hydrogen) atoms. The summed E-state index contributed by atoms with van der Waals surface area (Å²) in [7, 11) is 0. The van der Waals surface area contributed by atoms with E-state index in [0.29, 0.717) is 5.69 Å². The lowest BCUT2D eigenvalue weighted by molar-refractivity contribution is -0.142. The molecule has 1 heterocycles. The minimum atomic E-state index is -3.18. The lowest BCUT2D eigenvalue weighted by Crippen LogP contribution is -2.42. The second kappa shape index (κ2) is 4.00. The van der Waals surface area contributed by atoms with Crippen LogP contribution in [0, 0.1) is 17.3 Å². The number of carbonyl (C=O) groups excluding carboxylic acids is 1. The van der Waals surface area contributed by atoms with Gasteiger partial charge in [-0.2, -0.15) is 0 Å². The van der Waals surface area contributed by atoms with Crippen LogP contribution >= 0.6 is 0 Å². The monoisotopic (exact) mass is 285 g/mol. The Bertz CT molecular complexity index is 552. The summed E-state index contributed by atoms with van der Waals surface area (Å²) in [4.78, 5) is 29.1. The molecule has 0 saturated heterocycles. The maximum atomic E-state index is 13.5. The van der Waals surface area contributed by atoms with Crippen LogP contribution in [0.3, 0.4) is 0 Å². The molecule has 2 fully saturated rings. The van der Waals surface area contributed by atoms with E-state index in [4.69, 9.17) is 5.11 Å². The highest BCUT2D eigenvalue weighted by atomic mass is 19.3. The van der Waals surface area contributed by atoms with E-state index in [1.807, 2.05) is 0 Å². The normalized spacial score (nSPS) is 33.5. The first kappa shape index (κ1) is 13.0. The fraction of sp³-hybridized carbons (Fsp3) is 0.583. The van der Waals surface area contributed by atoms with Crippen LogP contribution in [0.15, 0.2) is 12.5 Å². The third-order valence-electron chi connectivity index (χ3n) is 4.34. The summed E-state index contributed by atoms with van der Waals surface area (Å²) >= 11 is 0. The molecule has 108 valence electrons. The zero-order valence-corrected chi connectivity index (χ0v) is 10.4. The SMILES string of the molecule is O=C(NCc1cnc[nH]1)C1CC2(C1)C(C(=O)O)C2(F)F. The molecule has 3 N–H and O–H groups in total. The van der Waals surface area contributed by atoms with Gasteiger partial charge in [-0.3, -0.25) is 9.59 Å². The van der Waals surface area contributed by atoms with Crippen LogP contribution in [0.1, 0.15) is 18.5 Å². The minimum Gasteiger partial charge on any atom is -0.481 e. The van der Waals surface area contributed by atoms with E-state index in [1.54, 1.807) is 6.20 Å². The van der Waals surface area contributed by atoms with Crippen molar-refractivity contribution in [2.75, 3.05) is 0 Å². The maximum absolute atomic E-state index is 13.5. The highest BCUT2D eigenvalue weighted by molar-refractivity contribution is 5.83. The van der Waals surface area contributed by atoms with Gasteiger partial charge in [-0.25, -0.2) is 13.8 Å². The Kier molecular flexibility index (Phi) is 2.60. The Morgan fingerprint density at radius 3 is 2.70 bits per heavy atom. The second-order valence-corrected chi connectivity index (χ2v) is 5.45. The zero-order chi connectivity index (χ0) is 14.5. The van der Waals surface area contributed by atoms with Crippen molar-refractivity contribution >= 4 is 11.9 Å². The fourth-order valence-electron chi connectivity index (χ4n) is 3.12. The molecule has 0 radical (unpaired) electrons. The smallest absolute Gasteiger partial charge is 0.313 e. The van der Waals surface area contributed by atoms with Gasteiger partial charge in [0.15, 0.2) is 0 Å². The van der Waals surface area contributed by atoms with Gasteiger partial charge < -0.3 is 15.4 Å². The lowest BCUT2D eigenvalue weighted by atomic mass is 9.69. The van der Waals surface area contributed by atoms with Gasteiger partial charge in [-0.05, 0) is 12.8 Å². The molecule has 0 aromatic carbocycles. The minimum absolute atomic E-state index is 0.0637. The number of carbonyl (C=O) groups is 2. The third kappa shape index (κ3) is 1.63. The Balaban J connectivity index is 1.53. The van der Waals surface area contributed by atoms with Crippen molar-refractivity contribution in [3.05, 3.63) is 18.2 Å². The number of hydrogen-bond acceptors (Lipinski definition) is 3. The van der Waals surface area contributed by atoms with Crippen LogP contribution in [-0.2, 0) is 16.1 Å². The number of halogens is 2. The number of nitrogens with zero attached hydrogens (tertiary/aromatic N) is 1. The summed E-state index contributed by atoms with van der Waals surface area (Å²) in [6.45, 7) is 0.251. The van der Waals surface area contributed by atoms with Gasteiger partial charge in [0.05, 0.1) is 24.0 Å². The van der Waals surface area contributed by atoms with E-state index >= 15 is 0 Å². The first-order chi connectivity index (χ1) is 9.38. The van der Waals surface area contributed by atoms with Gasteiger partial charge in [0, 0.05) is 12.1 Å². The lowest BCUT2D eigenvalue weighted by Gasteiger charge is -2.34. The van der Waals surface area contributed by atoms with Gasteiger partial charge in [0.25, 0.3) is 5.92 Å². The Morgan fingerprint density at radius 1 is 1.50 bits per heavy atom. The van der Waals surface area contributed by atoms with Crippen molar-refractivity contribution < 1.29 is 23.5 Å². The maximum Gasteiger partial charge on any atom is 0.313 e. The van der Waals surface area contributed by atoms with Gasteiger partial charge in [-0.15, -0.1) is 0 Å². The van der Waals surface area contributed by atoms with Crippen LogP contribution in [-0.4, -0.2) is 32.9 Å². The first-order valence-corrected chi connectivity index (χ1v) is 6.24. The fourth-order valence-corrected chi connectivity index (χ4v) is 3.12. The van der Waals surface area contributed by atoms with Crippen molar-refractivity contribution in [3.8, 4) is 0 Å². The summed E-state index contributed by atoms with van der Waals surface area (Å²) in [5.74, 6) is -7.15. The molecular formula is C12H13F2N3O3. The summed E-state index contributed by atoms with van der Waals surface area (Å²) in [6, 6.07) is 0. The van der Waals surface area contributed by atoms with E-state index in [0.717, 1.165) is 0 Å². The van der Waals surface area contributed by atoms with Gasteiger partial charge in [0.2, 0.25) is 5.91 Å². The summed E-state index contributed by atoms with van der Waals surface area (Å²) in [6.07, 6.45) is 2.90. The summed E-state index contributed by atoms with van der Waals surface area (Å²) < 4.78 is 26.9. The number of H-pyrrole nitrogens is 1. The van der Waals surface area contributed by atoms with Crippen LogP contribution < -0.4 is 5.32 Å². The van der Waals surface area contributed by atoms with Crippen LogP contribution in [0.5, 0.6) is 0 Å². The molecule has 1 amide bonds. The Labute approximate surface area is 112 Å². The highest BCUT2D eigenvalue weighted by Crippen LogP contribution is 2.76. The van der Waals surface area contributed by atoms with Crippen molar-refractivity contribution in [3.63, 3.8) is 0 Å². The molecule has 8 heteroatoms. The number of imidazole rings is 1. The number of nitrogens with one attached hydrogen (secondary N) is 2. The zero-order valence-electron chi connectivity index (χ0n) is 10.4. The van der Waals surface area contributed by atoms with Crippen molar-refractivity contribution in [1.82, 2.24) is 15.3 Å². The van der Waals surface area contributed by atoms with E-state index in [9.17, 15) is 18.4 Å². The number of carboxylic acids is 1. The number of carboxylic acid groups (broad SMARTS) is 1. The van der Waals surface area contributed by atoms with Crippen LogP contribution in [0.25, 0.3) is 0 Å². The Morgan fingerprint density at radius 2 is 2.20 bits per heavy atom. The predicted molar refractivity (Wildman–Crippen MR) is 61.7 cm³/mol. The predicted octanol–water partition coefficient (Wildman–Crippen LogP) is 0.772. The number of aromatic amines is 1. The molecule has 1 spiro atoms. The number of alkyl halides is 2. The number of rotatable bonds is 4. The number of hydrogen-bond donors (Lipinski definition) is 3. The molecule has 2 aliphatic rings. The van der Waals surface area contributed by atoms with Crippen LogP contribution in [0.2, 0.25) is 0 Å². The van der Waals surface area contributed by atoms with E-state index in [-0.39, 0.29) is 25.3 Å². The third-order valence-corrected chi connectivity index (χ3v) is 4.34. The number of amides is 1. The van der Waals surface area contributed by atoms with E-state index < -0.39 is 29.1 Å². The van der Waals surface area contributed by atoms with Crippen molar-refractivity contribution in [2.45, 2.75) is 25.3 Å².